The molecule has 0 radical (unpaired) electrons. The minimum absolute atomic E-state index is 0.0769. The lowest BCUT2D eigenvalue weighted by Gasteiger charge is -2.21. The third-order valence-electron chi connectivity index (χ3n) is 4.23. The van der Waals surface area contributed by atoms with Crippen molar-refractivity contribution in [3.05, 3.63) is 35.2 Å². The minimum Gasteiger partial charge on any atom is -0.466 e. The number of carbonyl (C=O) groups is 2. The van der Waals surface area contributed by atoms with Gasteiger partial charge in [-0.15, -0.1) is 0 Å². The standard InChI is InChI=1S/C18H20ClN3O4/c1-2-25-16(24)9-8-15(23)22-10-4-7-14(22)18-20-17(21-26-18)12-5-3-6-13(19)11-12/h3,5-6,11,14H,2,4,7-10H2,1H3. The molecule has 0 N–H and O–H groups in total. The van der Waals surface area contributed by atoms with Crippen LogP contribution in [0.4, 0.5) is 0 Å². The van der Waals surface area contributed by atoms with Crippen LogP contribution >= 0.6 is 11.6 Å². The van der Waals surface area contributed by atoms with Crippen LogP contribution in [0.3, 0.4) is 0 Å². The van der Waals surface area contributed by atoms with Gasteiger partial charge in [0.25, 0.3) is 0 Å². The maximum atomic E-state index is 12.5. The van der Waals surface area contributed by atoms with Crippen molar-refractivity contribution in [3.63, 3.8) is 0 Å². The van der Waals surface area contributed by atoms with E-state index in [9.17, 15) is 9.59 Å². The van der Waals surface area contributed by atoms with E-state index >= 15 is 0 Å². The summed E-state index contributed by atoms with van der Waals surface area (Å²) >= 11 is 6.00. The fourth-order valence-corrected chi connectivity index (χ4v) is 3.21. The van der Waals surface area contributed by atoms with E-state index < -0.39 is 0 Å². The van der Waals surface area contributed by atoms with Gasteiger partial charge in [0.2, 0.25) is 17.6 Å². The molecule has 26 heavy (non-hydrogen) atoms. The summed E-state index contributed by atoms with van der Waals surface area (Å²) in [6.07, 6.45) is 1.80. The molecule has 1 unspecified atom stereocenters. The van der Waals surface area contributed by atoms with Gasteiger partial charge >= 0.3 is 5.97 Å². The SMILES string of the molecule is CCOC(=O)CCC(=O)N1CCCC1c1nc(-c2cccc(Cl)c2)no1. The summed E-state index contributed by atoms with van der Waals surface area (Å²) in [5.41, 5.74) is 0.755. The lowest BCUT2D eigenvalue weighted by atomic mass is 10.2. The van der Waals surface area contributed by atoms with Gasteiger partial charge < -0.3 is 14.2 Å². The Hall–Kier alpha value is -2.41. The van der Waals surface area contributed by atoms with Crippen LogP contribution in [0, 0.1) is 0 Å². The van der Waals surface area contributed by atoms with E-state index in [4.69, 9.17) is 20.9 Å². The Labute approximate surface area is 156 Å². The Morgan fingerprint density at radius 2 is 2.23 bits per heavy atom. The van der Waals surface area contributed by atoms with Crippen LogP contribution < -0.4 is 0 Å². The highest BCUT2D eigenvalue weighted by atomic mass is 35.5. The number of aromatic nitrogens is 2. The quantitative estimate of drug-likeness (QED) is 0.717. The molecule has 3 rings (SSSR count). The average molecular weight is 378 g/mol. The molecule has 0 aliphatic carbocycles. The molecule has 1 fully saturated rings. The van der Waals surface area contributed by atoms with Crippen LogP contribution in [0.1, 0.15) is 44.5 Å². The molecular weight excluding hydrogens is 358 g/mol. The predicted octanol–water partition coefficient (Wildman–Crippen LogP) is 3.40. The van der Waals surface area contributed by atoms with Crippen LogP contribution in [0.2, 0.25) is 5.02 Å². The first kappa shape index (κ1) is 18.4. The van der Waals surface area contributed by atoms with Gasteiger partial charge in [0, 0.05) is 23.6 Å². The van der Waals surface area contributed by atoms with Gasteiger partial charge in [0.15, 0.2) is 0 Å². The number of hydrogen-bond acceptors (Lipinski definition) is 6. The number of hydrogen-bond donors (Lipinski definition) is 0. The summed E-state index contributed by atoms with van der Waals surface area (Å²) < 4.78 is 10.3. The third kappa shape index (κ3) is 4.22. The van der Waals surface area contributed by atoms with Crippen molar-refractivity contribution in [3.8, 4) is 11.4 Å². The van der Waals surface area contributed by atoms with Gasteiger partial charge in [-0.2, -0.15) is 4.98 Å². The van der Waals surface area contributed by atoms with Crippen molar-refractivity contribution in [2.24, 2.45) is 0 Å². The Balaban J connectivity index is 1.68. The molecule has 2 heterocycles. The van der Waals surface area contributed by atoms with E-state index in [1.54, 1.807) is 24.0 Å². The molecule has 0 bridgehead atoms. The van der Waals surface area contributed by atoms with E-state index in [1.165, 1.54) is 0 Å². The summed E-state index contributed by atoms with van der Waals surface area (Å²) in [5.74, 6) is 0.371. The first-order chi connectivity index (χ1) is 12.6. The molecule has 1 aliphatic rings. The molecule has 138 valence electrons. The lowest BCUT2D eigenvalue weighted by molar-refractivity contribution is -0.146. The minimum atomic E-state index is -0.363. The fraction of sp³-hybridized carbons (Fsp3) is 0.444. The summed E-state index contributed by atoms with van der Waals surface area (Å²) in [7, 11) is 0. The highest BCUT2D eigenvalue weighted by Gasteiger charge is 2.34. The summed E-state index contributed by atoms with van der Waals surface area (Å²) in [5, 5.41) is 4.60. The number of benzene rings is 1. The second kappa shape index (κ2) is 8.31. The zero-order chi connectivity index (χ0) is 18.5. The normalized spacial score (nSPS) is 16.7. The largest absolute Gasteiger partial charge is 0.466 e. The van der Waals surface area contributed by atoms with Crippen LogP contribution in [0.5, 0.6) is 0 Å². The molecule has 0 spiro atoms. The zero-order valence-electron chi connectivity index (χ0n) is 14.5. The molecule has 1 saturated heterocycles. The molecule has 8 heteroatoms. The second-order valence-electron chi connectivity index (χ2n) is 6.02. The van der Waals surface area contributed by atoms with Crippen molar-refractivity contribution < 1.29 is 18.8 Å². The lowest BCUT2D eigenvalue weighted by Crippen LogP contribution is -2.31. The molecule has 1 aliphatic heterocycles. The second-order valence-corrected chi connectivity index (χ2v) is 6.45. The number of esters is 1. The molecule has 1 atom stereocenters. The van der Waals surface area contributed by atoms with E-state index in [-0.39, 0.29) is 30.8 Å². The number of rotatable bonds is 6. The van der Waals surface area contributed by atoms with Gasteiger partial charge in [0.1, 0.15) is 6.04 Å². The maximum Gasteiger partial charge on any atom is 0.306 e. The number of nitrogens with zero attached hydrogens (tertiary/aromatic N) is 3. The molecular formula is C18H20ClN3O4. The summed E-state index contributed by atoms with van der Waals surface area (Å²) in [4.78, 5) is 30.1. The number of ether oxygens (including phenoxy) is 1. The highest BCUT2D eigenvalue weighted by Crippen LogP contribution is 2.33. The molecule has 2 aromatic rings. The highest BCUT2D eigenvalue weighted by molar-refractivity contribution is 6.30. The van der Waals surface area contributed by atoms with Crippen molar-refractivity contribution >= 4 is 23.5 Å². The maximum absolute atomic E-state index is 12.5. The van der Waals surface area contributed by atoms with Crippen LogP contribution in [-0.4, -0.2) is 40.1 Å². The van der Waals surface area contributed by atoms with E-state index in [0.717, 1.165) is 18.4 Å². The number of amides is 1. The molecule has 1 amide bonds. The van der Waals surface area contributed by atoms with E-state index in [2.05, 4.69) is 10.1 Å². The van der Waals surface area contributed by atoms with E-state index in [0.29, 0.717) is 29.9 Å². The van der Waals surface area contributed by atoms with Crippen molar-refractivity contribution in [2.45, 2.75) is 38.6 Å². The number of halogens is 1. The smallest absolute Gasteiger partial charge is 0.306 e. The average Bonchev–Trinajstić information content (AvgIpc) is 3.29. The van der Waals surface area contributed by atoms with Crippen molar-refractivity contribution in [1.29, 1.82) is 0 Å². The predicted molar refractivity (Wildman–Crippen MR) is 94.3 cm³/mol. The van der Waals surface area contributed by atoms with Gasteiger partial charge in [0.05, 0.1) is 13.0 Å². The van der Waals surface area contributed by atoms with Gasteiger partial charge in [-0.25, -0.2) is 0 Å². The van der Waals surface area contributed by atoms with Gasteiger partial charge in [-0.1, -0.05) is 28.9 Å². The third-order valence-corrected chi connectivity index (χ3v) is 4.47. The van der Waals surface area contributed by atoms with Crippen LogP contribution in [0.25, 0.3) is 11.4 Å². The van der Waals surface area contributed by atoms with Gasteiger partial charge in [-0.05, 0) is 31.9 Å². The first-order valence-corrected chi connectivity index (χ1v) is 9.01. The van der Waals surface area contributed by atoms with Crippen molar-refractivity contribution in [1.82, 2.24) is 15.0 Å². The molecule has 1 aromatic heterocycles. The zero-order valence-corrected chi connectivity index (χ0v) is 15.2. The Morgan fingerprint density at radius 3 is 3.00 bits per heavy atom. The Kier molecular flexibility index (Phi) is 5.88. The van der Waals surface area contributed by atoms with Crippen LogP contribution in [-0.2, 0) is 14.3 Å². The summed E-state index contributed by atoms with van der Waals surface area (Å²) in [6, 6.07) is 6.93. The Bertz CT molecular complexity index is 792. The monoisotopic (exact) mass is 377 g/mol. The van der Waals surface area contributed by atoms with Crippen LogP contribution in [0.15, 0.2) is 28.8 Å². The molecule has 1 aromatic carbocycles. The van der Waals surface area contributed by atoms with E-state index in [1.807, 2.05) is 12.1 Å². The molecule has 7 nitrogen and oxygen atoms in total. The fourth-order valence-electron chi connectivity index (χ4n) is 3.02. The number of likely N-dealkylation sites (tertiary alicyclic amines) is 1. The summed E-state index contributed by atoms with van der Waals surface area (Å²) in [6.45, 7) is 2.66. The van der Waals surface area contributed by atoms with Crippen molar-refractivity contribution in [2.75, 3.05) is 13.2 Å². The topological polar surface area (TPSA) is 85.5 Å². The number of carbonyl (C=O) groups excluding carboxylic acids is 2. The van der Waals surface area contributed by atoms with Gasteiger partial charge in [-0.3, -0.25) is 9.59 Å². The molecule has 0 saturated carbocycles. The Morgan fingerprint density at radius 1 is 1.38 bits per heavy atom. The first-order valence-electron chi connectivity index (χ1n) is 8.63.